The summed E-state index contributed by atoms with van der Waals surface area (Å²) >= 11 is 1.71. The summed E-state index contributed by atoms with van der Waals surface area (Å²) in [6.45, 7) is 7.82. The lowest BCUT2D eigenvalue weighted by Gasteiger charge is -2.35. The molecule has 0 radical (unpaired) electrons. The van der Waals surface area contributed by atoms with Crippen LogP contribution in [-0.4, -0.2) is 65.9 Å². The van der Waals surface area contributed by atoms with Crippen molar-refractivity contribution < 1.29 is 9.18 Å². The Morgan fingerprint density at radius 3 is 2.48 bits per heavy atom. The zero-order valence-electron chi connectivity index (χ0n) is 19.8. The van der Waals surface area contributed by atoms with E-state index in [4.69, 9.17) is 0 Å². The molecule has 1 aliphatic rings. The van der Waals surface area contributed by atoms with Crippen LogP contribution in [0.1, 0.15) is 28.8 Å². The first-order valence-electron chi connectivity index (χ1n) is 11.5. The van der Waals surface area contributed by atoms with Crippen molar-refractivity contribution in [3.05, 3.63) is 52.4 Å². The molecule has 1 saturated heterocycles. The highest BCUT2D eigenvalue weighted by molar-refractivity contribution is 7.18. The third kappa shape index (κ3) is 5.33. The third-order valence-electron chi connectivity index (χ3n) is 6.50. The fourth-order valence-electron chi connectivity index (χ4n) is 4.40. The molecule has 3 heterocycles. The van der Waals surface area contributed by atoms with Crippen LogP contribution in [0.4, 0.5) is 10.2 Å². The van der Waals surface area contributed by atoms with E-state index >= 15 is 0 Å². The smallest absolute Gasteiger partial charge is 0.226 e. The maximum Gasteiger partial charge on any atom is 0.226 e. The van der Waals surface area contributed by atoms with E-state index in [-0.39, 0.29) is 17.6 Å². The van der Waals surface area contributed by atoms with Crippen LogP contribution < -0.4 is 4.90 Å². The molecule has 0 unspecified atom stereocenters. The summed E-state index contributed by atoms with van der Waals surface area (Å²) in [6, 6.07) is 6.44. The molecular weight excluding hydrogens is 437 g/mol. The first-order chi connectivity index (χ1) is 15.8. The van der Waals surface area contributed by atoms with E-state index in [0.29, 0.717) is 13.1 Å². The van der Waals surface area contributed by atoms with Crippen LogP contribution in [0, 0.1) is 25.6 Å². The number of rotatable bonds is 7. The average Bonchev–Trinajstić information content (AvgIpc) is 3.11. The number of carbonyl (C=O) groups is 1. The second kappa shape index (κ2) is 10.1. The number of hydrogen-bond donors (Lipinski definition) is 0. The van der Waals surface area contributed by atoms with Crippen molar-refractivity contribution in [2.24, 2.45) is 5.92 Å². The molecule has 4 rings (SSSR count). The molecule has 3 aromatic rings. The summed E-state index contributed by atoms with van der Waals surface area (Å²) in [6.07, 6.45) is 3.25. The number of aromatic nitrogens is 2. The number of likely N-dealkylation sites (N-methyl/N-ethyl adjacent to an activating group) is 1. The number of nitrogens with zero attached hydrogens (tertiary/aromatic N) is 5. The maximum absolute atomic E-state index is 13.5. The number of anilines is 1. The third-order valence-corrected chi connectivity index (χ3v) is 7.62. The lowest BCUT2D eigenvalue weighted by Crippen LogP contribution is -2.44. The van der Waals surface area contributed by atoms with Crippen molar-refractivity contribution in [1.29, 1.82) is 0 Å². The van der Waals surface area contributed by atoms with Gasteiger partial charge >= 0.3 is 0 Å². The predicted molar refractivity (Wildman–Crippen MR) is 132 cm³/mol. The van der Waals surface area contributed by atoms with Gasteiger partial charge in [-0.3, -0.25) is 4.79 Å². The van der Waals surface area contributed by atoms with Gasteiger partial charge in [-0.25, -0.2) is 14.4 Å². The normalized spacial score (nSPS) is 14.9. The fourth-order valence-corrected chi connectivity index (χ4v) is 5.39. The maximum atomic E-state index is 13.5. The number of thiophene rings is 1. The second-order valence-corrected chi connectivity index (χ2v) is 10.3. The Morgan fingerprint density at radius 1 is 1.12 bits per heavy atom. The quantitative estimate of drug-likeness (QED) is 0.518. The highest BCUT2D eigenvalue weighted by Crippen LogP contribution is 2.35. The average molecular weight is 470 g/mol. The van der Waals surface area contributed by atoms with E-state index in [0.717, 1.165) is 54.1 Å². The number of benzene rings is 1. The molecule has 0 bridgehead atoms. The standard InChI is InChI=1S/C25H32FN5OS/c1-17-18(2)33-24-22(17)23(27-16-28-24)30-11-9-20(10-12-30)25(32)31(14-13-29(3)4)15-19-5-7-21(26)8-6-19/h5-8,16,20H,9-15H2,1-4H3. The van der Waals surface area contributed by atoms with Crippen molar-refractivity contribution in [1.82, 2.24) is 19.8 Å². The molecule has 1 fully saturated rings. The SMILES string of the molecule is Cc1sc2ncnc(N3CCC(C(=O)N(CCN(C)C)Cc4ccc(F)cc4)CC3)c2c1C. The lowest BCUT2D eigenvalue weighted by atomic mass is 9.94. The van der Waals surface area contributed by atoms with Gasteiger partial charge in [0.15, 0.2) is 0 Å². The summed E-state index contributed by atoms with van der Waals surface area (Å²) in [4.78, 5) is 31.2. The number of piperidine rings is 1. The summed E-state index contributed by atoms with van der Waals surface area (Å²) < 4.78 is 13.3. The van der Waals surface area contributed by atoms with Crippen LogP contribution >= 0.6 is 11.3 Å². The van der Waals surface area contributed by atoms with Crippen LogP contribution in [0.15, 0.2) is 30.6 Å². The van der Waals surface area contributed by atoms with Crippen molar-refractivity contribution in [3.63, 3.8) is 0 Å². The Kier molecular flexibility index (Phi) is 7.24. The number of carbonyl (C=O) groups excluding carboxylic acids is 1. The summed E-state index contributed by atoms with van der Waals surface area (Å²) in [7, 11) is 4.02. The van der Waals surface area contributed by atoms with Crippen molar-refractivity contribution >= 4 is 33.3 Å². The van der Waals surface area contributed by atoms with Crippen LogP contribution in [0.3, 0.4) is 0 Å². The monoisotopic (exact) mass is 469 g/mol. The number of hydrogen-bond acceptors (Lipinski definition) is 6. The van der Waals surface area contributed by atoms with Gasteiger partial charge in [0.1, 0.15) is 22.8 Å². The second-order valence-electron chi connectivity index (χ2n) is 9.11. The largest absolute Gasteiger partial charge is 0.356 e. The first-order valence-corrected chi connectivity index (χ1v) is 12.3. The molecule has 0 N–H and O–H groups in total. The van der Waals surface area contributed by atoms with Crippen LogP contribution in [0.25, 0.3) is 10.2 Å². The highest BCUT2D eigenvalue weighted by Gasteiger charge is 2.30. The minimum absolute atomic E-state index is 0.00787. The van der Waals surface area contributed by atoms with E-state index in [1.54, 1.807) is 29.8 Å². The van der Waals surface area contributed by atoms with E-state index in [9.17, 15) is 9.18 Å². The van der Waals surface area contributed by atoms with Crippen molar-refractivity contribution in [2.45, 2.75) is 33.2 Å². The zero-order valence-corrected chi connectivity index (χ0v) is 20.7. The number of aryl methyl sites for hydroxylation is 2. The molecule has 8 heteroatoms. The Morgan fingerprint density at radius 2 is 1.82 bits per heavy atom. The lowest BCUT2D eigenvalue weighted by molar-refractivity contribution is -0.137. The molecule has 1 amide bonds. The molecule has 0 spiro atoms. The Hall–Kier alpha value is -2.58. The molecule has 2 aromatic heterocycles. The summed E-state index contributed by atoms with van der Waals surface area (Å²) in [5, 5.41) is 1.15. The van der Waals surface area contributed by atoms with Gasteiger partial charge in [-0.2, -0.15) is 0 Å². The molecule has 6 nitrogen and oxygen atoms in total. The van der Waals surface area contributed by atoms with E-state index in [2.05, 4.69) is 33.6 Å². The van der Waals surface area contributed by atoms with Crippen molar-refractivity contribution in [2.75, 3.05) is 45.2 Å². The van der Waals surface area contributed by atoms with Gasteiger partial charge in [0.25, 0.3) is 0 Å². The Bertz CT molecular complexity index is 1110. The molecule has 0 aliphatic carbocycles. The predicted octanol–water partition coefficient (Wildman–Crippen LogP) is 4.25. The van der Waals surface area contributed by atoms with Gasteiger partial charge in [0, 0.05) is 43.5 Å². The molecule has 176 valence electrons. The van der Waals surface area contributed by atoms with E-state index in [1.165, 1.54) is 22.6 Å². The summed E-state index contributed by atoms with van der Waals surface area (Å²) in [5.74, 6) is 0.915. The molecular formula is C25H32FN5OS. The Balaban J connectivity index is 1.45. The highest BCUT2D eigenvalue weighted by atomic mass is 32.1. The van der Waals surface area contributed by atoms with Gasteiger partial charge in [-0.15, -0.1) is 11.3 Å². The van der Waals surface area contributed by atoms with E-state index < -0.39 is 0 Å². The Labute approximate surface area is 199 Å². The fraction of sp³-hybridized carbons (Fsp3) is 0.480. The summed E-state index contributed by atoms with van der Waals surface area (Å²) in [5.41, 5.74) is 2.20. The van der Waals surface area contributed by atoms with Gasteiger partial charge in [-0.05, 0) is 64.0 Å². The first kappa shape index (κ1) is 23.6. The minimum Gasteiger partial charge on any atom is -0.356 e. The van der Waals surface area contributed by atoms with Crippen LogP contribution in [-0.2, 0) is 11.3 Å². The molecule has 0 atom stereocenters. The van der Waals surface area contributed by atoms with Gasteiger partial charge in [0.2, 0.25) is 5.91 Å². The van der Waals surface area contributed by atoms with Crippen LogP contribution in [0.2, 0.25) is 0 Å². The molecule has 0 saturated carbocycles. The number of amides is 1. The number of halogens is 1. The minimum atomic E-state index is -0.257. The molecule has 33 heavy (non-hydrogen) atoms. The van der Waals surface area contributed by atoms with Gasteiger partial charge in [0.05, 0.1) is 5.39 Å². The molecule has 1 aromatic carbocycles. The topological polar surface area (TPSA) is 52.6 Å². The van der Waals surface area contributed by atoms with Gasteiger partial charge in [-0.1, -0.05) is 12.1 Å². The zero-order chi connectivity index (χ0) is 23.5. The van der Waals surface area contributed by atoms with Crippen molar-refractivity contribution in [3.8, 4) is 0 Å². The molecule has 1 aliphatic heterocycles. The number of fused-ring (bicyclic) bond motifs is 1. The van der Waals surface area contributed by atoms with Crippen LogP contribution in [0.5, 0.6) is 0 Å². The van der Waals surface area contributed by atoms with Gasteiger partial charge < -0.3 is 14.7 Å². The van der Waals surface area contributed by atoms with E-state index in [1.807, 2.05) is 19.0 Å².